The highest BCUT2D eigenvalue weighted by atomic mass is 35.5. The second kappa shape index (κ2) is 12.5. The summed E-state index contributed by atoms with van der Waals surface area (Å²) in [5.41, 5.74) is 2.85. The van der Waals surface area contributed by atoms with E-state index in [1.165, 1.54) is 17.0 Å². The Morgan fingerprint density at radius 1 is 0.895 bits per heavy atom. The Kier molecular flexibility index (Phi) is 9.57. The molecular weight excluding hydrogens is 522 g/mol. The van der Waals surface area contributed by atoms with Gasteiger partial charge in [0.2, 0.25) is 11.8 Å². The quantitative estimate of drug-likeness (QED) is 0.377. The van der Waals surface area contributed by atoms with Crippen molar-refractivity contribution in [1.82, 2.24) is 10.2 Å². The summed E-state index contributed by atoms with van der Waals surface area (Å²) in [5, 5.41) is 3.34. The molecule has 0 spiro atoms. The topological polar surface area (TPSA) is 86.8 Å². The lowest BCUT2D eigenvalue weighted by molar-refractivity contribution is -0.139. The third-order valence-electron chi connectivity index (χ3n) is 6.02. The number of halogens is 1. The minimum atomic E-state index is -4.10. The van der Waals surface area contributed by atoms with E-state index < -0.39 is 28.5 Å². The Balaban J connectivity index is 2.03. The van der Waals surface area contributed by atoms with Crippen molar-refractivity contribution in [2.24, 2.45) is 0 Å². The van der Waals surface area contributed by atoms with Crippen LogP contribution >= 0.6 is 11.6 Å². The molecule has 7 nitrogen and oxygen atoms in total. The second-order valence-corrected chi connectivity index (χ2v) is 12.0. The number of amides is 2. The molecule has 3 rings (SSSR count). The van der Waals surface area contributed by atoms with E-state index in [9.17, 15) is 18.0 Å². The minimum Gasteiger partial charge on any atom is -0.352 e. The van der Waals surface area contributed by atoms with Crippen LogP contribution in [0.3, 0.4) is 0 Å². The molecule has 202 valence electrons. The Morgan fingerprint density at radius 3 is 2.16 bits per heavy atom. The first-order valence-corrected chi connectivity index (χ1v) is 14.2. The summed E-state index contributed by atoms with van der Waals surface area (Å²) in [5.74, 6) is -0.854. The van der Waals surface area contributed by atoms with Gasteiger partial charge in [0, 0.05) is 17.6 Å². The van der Waals surface area contributed by atoms with Gasteiger partial charge < -0.3 is 10.2 Å². The van der Waals surface area contributed by atoms with Gasteiger partial charge in [-0.05, 0) is 82.1 Å². The standard InChI is InChI=1S/C29H34ClN3O4S/c1-20(2)31-29(35)23(5)32(18-24-9-7-10-25(30)17-24)28(34)19-33(26-11-6-8-22(4)16-26)38(36,37)27-14-12-21(3)13-15-27/h6-17,20,23H,18-19H2,1-5H3,(H,31,35)/t23-/m1/s1. The SMILES string of the molecule is Cc1ccc(S(=O)(=O)N(CC(=O)N(Cc2cccc(Cl)c2)[C@H](C)C(=O)NC(C)C)c2cccc(C)c2)cc1. The molecule has 2 amide bonds. The maximum Gasteiger partial charge on any atom is 0.264 e. The molecule has 0 unspecified atom stereocenters. The number of carbonyl (C=O) groups excluding carboxylic acids is 2. The van der Waals surface area contributed by atoms with Gasteiger partial charge in [-0.15, -0.1) is 0 Å². The van der Waals surface area contributed by atoms with Crippen LogP contribution in [0.25, 0.3) is 0 Å². The van der Waals surface area contributed by atoms with Crippen LogP contribution in [0, 0.1) is 13.8 Å². The van der Waals surface area contributed by atoms with E-state index in [2.05, 4.69) is 5.32 Å². The van der Waals surface area contributed by atoms with Crippen molar-refractivity contribution in [3.8, 4) is 0 Å². The van der Waals surface area contributed by atoms with Crippen LogP contribution in [0.4, 0.5) is 5.69 Å². The molecule has 0 aromatic heterocycles. The predicted octanol–water partition coefficient (Wildman–Crippen LogP) is 5.09. The lowest BCUT2D eigenvalue weighted by Gasteiger charge is -2.32. The van der Waals surface area contributed by atoms with Gasteiger partial charge in [-0.25, -0.2) is 8.42 Å². The van der Waals surface area contributed by atoms with Gasteiger partial charge in [0.05, 0.1) is 10.6 Å². The fourth-order valence-corrected chi connectivity index (χ4v) is 5.59. The van der Waals surface area contributed by atoms with E-state index in [-0.39, 0.29) is 23.4 Å². The summed E-state index contributed by atoms with van der Waals surface area (Å²) in [7, 11) is -4.10. The Bertz CT molecular complexity index is 1390. The molecule has 0 fully saturated rings. The first-order chi connectivity index (χ1) is 17.9. The van der Waals surface area contributed by atoms with E-state index >= 15 is 0 Å². The summed E-state index contributed by atoms with van der Waals surface area (Å²) in [6.07, 6.45) is 0. The van der Waals surface area contributed by atoms with Crippen LogP contribution in [0.2, 0.25) is 5.02 Å². The molecule has 0 radical (unpaired) electrons. The number of nitrogens with zero attached hydrogens (tertiary/aromatic N) is 2. The van der Waals surface area contributed by atoms with Gasteiger partial charge in [-0.3, -0.25) is 13.9 Å². The summed E-state index contributed by atoms with van der Waals surface area (Å²) in [6, 6.07) is 19.5. The van der Waals surface area contributed by atoms with E-state index in [0.29, 0.717) is 10.7 Å². The highest BCUT2D eigenvalue weighted by Gasteiger charge is 2.32. The maximum absolute atomic E-state index is 13.9. The highest BCUT2D eigenvalue weighted by molar-refractivity contribution is 7.92. The fourth-order valence-electron chi connectivity index (χ4n) is 3.97. The predicted molar refractivity (Wildman–Crippen MR) is 152 cm³/mol. The number of sulfonamides is 1. The number of carbonyl (C=O) groups is 2. The van der Waals surface area contributed by atoms with Crippen molar-refractivity contribution in [3.63, 3.8) is 0 Å². The van der Waals surface area contributed by atoms with Crippen molar-refractivity contribution in [2.75, 3.05) is 10.8 Å². The second-order valence-electron chi connectivity index (χ2n) is 9.65. The largest absolute Gasteiger partial charge is 0.352 e. The number of anilines is 1. The van der Waals surface area contributed by atoms with Crippen molar-refractivity contribution < 1.29 is 18.0 Å². The molecule has 0 heterocycles. The lowest BCUT2D eigenvalue weighted by Crippen LogP contribution is -2.52. The summed E-state index contributed by atoms with van der Waals surface area (Å²) >= 11 is 6.17. The number of hydrogen-bond donors (Lipinski definition) is 1. The molecule has 9 heteroatoms. The monoisotopic (exact) mass is 555 g/mol. The Hall–Kier alpha value is -3.36. The molecular formula is C29H34ClN3O4S. The molecule has 1 N–H and O–H groups in total. The van der Waals surface area contributed by atoms with Crippen LogP contribution in [0.15, 0.2) is 77.7 Å². The zero-order chi connectivity index (χ0) is 28.0. The summed E-state index contributed by atoms with van der Waals surface area (Å²) in [4.78, 5) is 28.3. The molecule has 0 aliphatic rings. The lowest BCUT2D eigenvalue weighted by atomic mass is 10.1. The van der Waals surface area contributed by atoms with E-state index in [1.54, 1.807) is 61.5 Å². The third-order valence-corrected chi connectivity index (χ3v) is 8.04. The molecule has 0 saturated carbocycles. The molecule has 0 aliphatic heterocycles. The normalized spacial score (nSPS) is 12.2. The number of rotatable bonds is 10. The average Bonchev–Trinajstić information content (AvgIpc) is 2.85. The Morgan fingerprint density at radius 2 is 1.55 bits per heavy atom. The van der Waals surface area contributed by atoms with Gasteiger partial charge in [-0.1, -0.05) is 53.6 Å². The van der Waals surface area contributed by atoms with Crippen LogP contribution in [0.1, 0.15) is 37.5 Å². The van der Waals surface area contributed by atoms with Gasteiger partial charge in [0.1, 0.15) is 12.6 Å². The zero-order valence-electron chi connectivity index (χ0n) is 22.3. The number of nitrogens with one attached hydrogen (secondary N) is 1. The molecule has 0 saturated heterocycles. The molecule has 1 atom stereocenters. The van der Waals surface area contributed by atoms with Crippen LogP contribution in [-0.2, 0) is 26.2 Å². The van der Waals surface area contributed by atoms with Crippen LogP contribution < -0.4 is 9.62 Å². The number of aryl methyl sites for hydroxylation is 2. The minimum absolute atomic E-state index is 0.0735. The van der Waals surface area contributed by atoms with E-state index in [4.69, 9.17) is 11.6 Å². The smallest absolute Gasteiger partial charge is 0.264 e. The maximum atomic E-state index is 13.9. The van der Waals surface area contributed by atoms with Gasteiger partial charge in [0.15, 0.2) is 0 Å². The average molecular weight is 556 g/mol. The Labute approximate surface area is 230 Å². The van der Waals surface area contributed by atoms with Crippen molar-refractivity contribution in [2.45, 2.75) is 58.1 Å². The molecule has 0 aliphatic carbocycles. The number of benzene rings is 3. The molecule has 0 bridgehead atoms. The molecule has 38 heavy (non-hydrogen) atoms. The summed E-state index contributed by atoms with van der Waals surface area (Å²) in [6.45, 7) is 8.62. The van der Waals surface area contributed by atoms with E-state index in [1.807, 2.05) is 33.8 Å². The van der Waals surface area contributed by atoms with Gasteiger partial charge >= 0.3 is 0 Å². The van der Waals surface area contributed by atoms with Gasteiger partial charge in [0.25, 0.3) is 10.0 Å². The molecule has 3 aromatic rings. The van der Waals surface area contributed by atoms with Crippen molar-refractivity contribution in [1.29, 1.82) is 0 Å². The first-order valence-electron chi connectivity index (χ1n) is 12.4. The first kappa shape index (κ1) is 29.2. The van der Waals surface area contributed by atoms with E-state index in [0.717, 1.165) is 21.0 Å². The zero-order valence-corrected chi connectivity index (χ0v) is 23.9. The third kappa shape index (κ3) is 7.36. The van der Waals surface area contributed by atoms with Crippen LogP contribution in [0.5, 0.6) is 0 Å². The number of hydrogen-bond acceptors (Lipinski definition) is 4. The highest BCUT2D eigenvalue weighted by Crippen LogP contribution is 2.26. The molecule has 3 aromatic carbocycles. The van der Waals surface area contributed by atoms with Crippen molar-refractivity contribution in [3.05, 3.63) is 94.5 Å². The summed E-state index contributed by atoms with van der Waals surface area (Å²) < 4.78 is 28.8. The van der Waals surface area contributed by atoms with Gasteiger partial charge in [-0.2, -0.15) is 0 Å². The van der Waals surface area contributed by atoms with Crippen LogP contribution in [-0.4, -0.2) is 43.8 Å². The van der Waals surface area contributed by atoms with Crippen molar-refractivity contribution >= 4 is 39.1 Å². The fraction of sp³-hybridized carbons (Fsp3) is 0.310.